The van der Waals surface area contributed by atoms with Gasteiger partial charge in [-0.05, 0) is 25.2 Å². The molecule has 1 atom stereocenters. The molecule has 1 aromatic carbocycles. The maximum atomic E-state index is 10.9. The fourth-order valence-electron chi connectivity index (χ4n) is 2.37. The summed E-state index contributed by atoms with van der Waals surface area (Å²) in [6.07, 6.45) is 0.144. The molecule has 1 fully saturated rings. The summed E-state index contributed by atoms with van der Waals surface area (Å²) < 4.78 is 0. The number of nitrogens with zero attached hydrogens (tertiary/aromatic N) is 3. The highest BCUT2D eigenvalue weighted by molar-refractivity contribution is 5.67. The highest BCUT2D eigenvalue weighted by atomic mass is 16.4. The molecule has 1 saturated heterocycles. The average Bonchev–Trinajstić information content (AvgIpc) is 2.41. The molecule has 0 aromatic heterocycles. The van der Waals surface area contributed by atoms with Crippen molar-refractivity contribution >= 4 is 11.7 Å². The molecule has 0 amide bonds. The topological polar surface area (TPSA) is 67.6 Å². The Labute approximate surface area is 112 Å². The van der Waals surface area contributed by atoms with Crippen LogP contribution in [0.4, 0.5) is 5.69 Å². The number of carbonyl (C=O) groups is 1. The van der Waals surface area contributed by atoms with E-state index in [1.165, 1.54) is 0 Å². The Morgan fingerprint density at radius 3 is 3.00 bits per heavy atom. The third-order valence-corrected chi connectivity index (χ3v) is 3.53. The van der Waals surface area contributed by atoms with E-state index < -0.39 is 5.97 Å². The quantitative estimate of drug-likeness (QED) is 0.882. The second-order valence-corrected chi connectivity index (χ2v) is 4.84. The molecule has 1 heterocycles. The molecule has 2 rings (SSSR count). The van der Waals surface area contributed by atoms with Crippen molar-refractivity contribution in [3.8, 4) is 6.07 Å². The summed E-state index contributed by atoms with van der Waals surface area (Å²) in [4.78, 5) is 15.1. The monoisotopic (exact) mass is 259 g/mol. The van der Waals surface area contributed by atoms with Crippen molar-refractivity contribution in [3.63, 3.8) is 0 Å². The van der Waals surface area contributed by atoms with E-state index in [2.05, 4.69) is 15.9 Å². The molecule has 0 spiro atoms. The normalized spacial score (nSPS) is 20.0. The molecule has 100 valence electrons. The number of hydrogen-bond donors (Lipinski definition) is 1. The van der Waals surface area contributed by atoms with Crippen LogP contribution in [0.15, 0.2) is 24.3 Å². The zero-order valence-corrected chi connectivity index (χ0v) is 10.9. The zero-order chi connectivity index (χ0) is 13.8. The van der Waals surface area contributed by atoms with Crippen LogP contribution in [0.5, 0.6) is 0 Å². The van der Waals surface area contributed by atoms with Crippen LogP contribution in [0.1, 0.15) is 12.0 Å². The van der Waals surface area contributed by atoms with Gasteiger partial charge in [-0.25, -0.2) is 0 Å². The number of benzene rings is 1. The number of rotatable bonds is 3. The van der Waals surface area contributed by atoms with Crippen molar-refractivity contribution in [2.75, 3.05) is 31.6 Å². The molecule has 0 bridgehead atoms. The van der Waals surface area contributed by atoms with Gasteiger partial charge in [0.05, 0.1) is 18.1 Å². The Morgan fingerprint density at radius 2 is 2.32 bits per heavy atom. The van der Waals surface area contributed by atoms with Crippen molar-refractivity contribution in [2.24, 2.45) is 0 Å². The molecule has 0 aliphatic carbocycles. The van der Waals surface area contributed by atoms with E-state index in [-0.39, 0.29) is 12.5 Å². The van der Waals surface area contributed by atoms with Gasteiger partial charge in [-0.3, -0.25) is 9.69 Å². The van der Waals surface area contributed by atoms with E-state index in [4.69, 9.17) is 10.4 Å². The number of carboxylic acids is 1. The van der Waals surface area contributed by atoms with Crippen molar-refractivity contribution in [1.82, 2.24) is 4.90 Å². The number of carboxylic acid groups (broad SMARTS) is 1. The molecule has 1 unspecified atom stereocenters. The van der Waals surface area contributed by atoms with Crippen LogP contribution in [0.25, 0.3) is 0 Å². The van der Waals surface area contributed by atoms with Crippen molar-refractivity contribution in [3.05, 3.63) is 29.8 Å². The lowest BCUT2D eigenvalue weighted by Crippen LogP contribution is -2.52. The van der Waals surface area contributed by atoms with E-state index in [9.17, 15) is 4.79 Å². The van der Waals surface area contributed by atoms with Gasteiger partial charge in [0.2, 0.25) is 0 Å². The minimum Gasteiger partial charge on any atom is -0.481 e. The van der Waals surface area contributed by atoms with Gasteiger partial charge in [0.25, 0.3) is 0 Å². The van der Waals surface area contributed by atoms with E-state index in [1.807, 2.05) is 25.2 Å². The van der Waals surface area contributed by atoms with Crippen molar-refractivity contribution in [2.45, 2.75) is 12.5 Å². The molecule has 5 nitrogen and oxygen atoms in total. The summed E-state index contributed by atoms with van der Waals surface area (Å²) in [5, 5.41) is 17.9. The number of nitriles is 1. The summed E-state index contributed by atoms with van der Waals surface area (Å²) in [6.45, 7) is 2.36. The largest absolute Gasteiger partial charge is 0.481 e. The molecule has 0 radical (unpaired) electrons. The van der Waals surface area contributed by atoms with E-state index in [0.717, 1.165) is 18.8 Å². The summed E-state index contributed by atoms with van der Waals surface area (Å²) in [7, 11) is 1.96. The van der Waals surface area contributed by atoms with Crippen LogP contribution in [0, 0.1) is 11.3 Å². The first-order chi connectivity index (χ1) is 9.10. The van der Waals surface area contributed by atoms with E-state index >= 15 is 0 Å². The smallest absolute Gasteiger partial charge is 0.305 e. The van der Waals surface area contributed by atoms with Crippen LogP contribution < -0.4 is 4.90 Å². The van der Waals surface area contributed by atoms with Crippen LogP contribution in [0.2, 0.25) is 0 Å². The van der Waals surface area contributed by atoms with E-state index in [0.29, 0.717) is 12.1 Å². The Balaban J connectivity index is 2.12. The predicted octanol–water partition coefficient (Wildman–Crippen LogP) is 1.15. The second kappa shape index (κ2) is 5.72. The maximum absolute atomic E-state index is 10.9. The lowest BCUT2D eigenvalue weighted by molar-refractivity contribution is -0.138. The Kier molecular flexibility index (Phi) is 4.03. The number of anilines is 1. The lowest BCUT2D eigenvalue weighted by atomic mass is 10.1. The SMILES string of the molecule is CN1CCN(c2cccc(C#N)c2)CC1CC(=O)O. The molecule has 1 N–H and O–H groups in total. The van der Waals surface area contributed by atoms with Crippen molar-refractivity contribution < 1.29 is 9.90 Å². The summed E-state index contributed by atoms with van der Waals surface area (Å²) in [6, 6.07) is 9.58. The molecule has 19 heavy (non-hydrogen) atoms. The minimum atomic E-state index is -0.774. The molecular formula is C14H17N3O2. The molecule has 0 saturated carbocycles. The zero-order valence-electron chi connectivity index (χ0n) is 10.9. The third kappa shape index (κ3) is 3.24. The van der Waals surface area contributed by atoms with E-state index in [1.54, 1.807) is 6.07 Å². The van der Waals surface area contributed by atoms with Gasteiger partial charge < -0.3 is 10.0 Å². The summed E-state index contributed by atoms with van der Waals surface area (Å²) >= 11 is 0. The number of aliphatic carboxylic acids is 1. The van der Waals surface area contributed by atoms with Gasteiger partial charge in [0.1, 0.15) is 0 Å². The van der Waals surface area contributed by atoms with Crippen molar-refractivity contribution in [1.29, 1.82) is 5.26 Å². The van der Waals surface area contributed by atoms with Crippen LogP contribution in [-0.4, -0.2) is 48.7 Å². The number of piperazine rings is 1. The molecule has 1 aromatic rings. The van der Waals surface area contributed by atoms with Crippen LogP contribution in [-0.2, 0) is 4.79 Å². The lowest BCUT2D eigenvalue weighted by Gasteiger charge is -2.40. The van der Waals surface area contributed by atoms with Crippen LogP contribution >= 0.6 is 0 Å². The van der Waals surface area contributed by atoms with Gasteiger partial charge in [-0.1, -0.05) is 6.07 Å². The standard InChI is InChI=1S/C14H17N3O2/c1-16-5-6-17(10-13(16)8-14(18)19)12-4-2-3-11(7-12)9-15/h2-4,7,13H,5-6,8,10H2,1H3,(H,18,19). The Hall–Kier alpha value is -2.06. The van der Waals surface area contributed by atoms with Crippen LogP contribution in [0.3, 0.4) is 0 Å². The Bertz CT molecular complexity index is 510. The molecule has 1 aliphatic heterocycles. The number of hydrogen-bond acceptors (Lipinski definition) is 4. The minimum absolute atomic E-state index is 0.0111. The average molecular weight is 259 g/mol. The van der Waals surface area contributed by atoms with Gasteiger partial charge in [-0.2, -0.15) is 5.26 Å². The predicted molar refractivity (Wildman–Crippen MR) is 72.0 cm³/mol. The van der Waals surface area contributed by atoms with Gasteiger partial charge >= 0.3 is 5.97 Å². The molecule has 1 aliphatic rings. The second-order valence-electron chi connectivity index (χ2n) is 4.84. The number of likely N-dealkylation sites (N-methyl/N-ethyl adjacent to an activating group) is 1. The summed E-state index contributed by atoms with van der Waals surface area (Å²) in [5.41, 5.74) is 1.62. The third-order valence-electron chi connectivity index (χ3n) is 3.53. The first-order valence-corrected chi connectivity index (χ1v) is 6.27. The highest BCUT2D eigenvalue weighted by Crippen LogP contribution is 2.20. The van der Waals surface area contributed by atoms with Gasteiger partial charge in [-0.15, -0.1) is 0 Å². The van der Waals surface area contributed by atoms with Gasteiger partial charge in [0.15, 0.2) is 0 Å². The first-order valence-electron chi connectivity index (χ1n) is 6.27. The summed E-state index contributed by atoms with van der Waals surface area (Å²) in [5.74, 6) is -0.774. The maximum Gasteiger partial charge on any atom is 0.305 e. The highest BCUT2D eigenvalue weighted by Gasteiger charge is 2.26. The Morgan fingerprint density at radius 1 is 1.53 bits per heavy atom. The first kappa shape index (κ1) is 13.4. The molecular weight excluding hydrogens is 242 g/mol. The fraction of sp³-hybridized carbons (Fsp3) is 0.429. The fourth-order valence-corrected chi connectivity index (χ4v) is 2.37. The molecule has 5 heteroatoms. The van der Waals surface area contributed by atoms with Gasteiger partial charge in [0, 0.05) is 31.4 Å².